The number of anilines is 1. The van der Waals surface area contributed by atoms with Gasteiger partial charge in [-0.1, -0.05) is 12.1 Å². The Balaban J connectivity index is 1.76. The van der Waals surface area contributed by atoms with Gasteiger partial charge >= 0.3 is 0 Å². The molecule has 1 aromatic rings. The van der Waals surface area contributed by atoms with E-state index in [9.17, 15) is 4.79 Å². The minimum absolute atomic E-state index is 0.00410. The SMILES string of the molecule is CC1C(=O)Nc2ccc(CC3CCCNC3)cc21. The van der Waals surface area contributed by atoms with Gasteiger partial charge in [0.25, 0.3) is 0 Å². The van der Waals surface area contributed by atoms with Crippen molar-refractivity contribution in [1.82, 2.24) is 5.32 Å². The Kier molecular flexibility index (Phi) is 3.08. The van der Waals surface area contributed by atoms with Gasteiger partial charge in [-0.05, 0) is 62.4 Å². The molecule has 1 fully saturated rings. The zero-order valence-electron chi connectivity index (χ0n) is 10.8. The predicted molar refractivity (Wildman–Crippen MR) is 72.8 cm³/mol. The predicted octanol–water partition coefficient (Wildman–Crippen LogP) is 2.28. The lowest BCUT2D eigenvalue weighted by atomic mass is 9.90. The van der Waals surface area contributed by atoms with Gasteiger partial charge in [0.1, 0.15) is 0 Å². The molecule has 3 rings (SSSR count). The summed E-state index contributed by atoms with van der Waals surface area (Å²) in [6.07, 6.45) is 3.73. The number of hydrogen-bond acceptors (Lipinski definition) is 2. The lowest BCUT2D eigenvalue weighted by molar-refractivity contribution is -0.116. The Morgan fingerprint density at radius 2 is 2.28 bits per heavy atom. The van der Waals surface area contributed by atoms with E-state index in [2.05, 4.69) is 28.8 Å². The lowest BCUT2D eigenvalue weighted by Crippen LogP contribution is -2.30. The molecule has 1 aromatic carbocycles. The zero-order valence-corrected chi connectivity index (χ0v) is 10.8. The van der Waals surface area contributed by atoms with E-state index in [1.54, 1.807) is 0 Å². The summed E-state index contributed by atoms with van der Waals surface area (Å²) in [5.41, 5.74) is 3.53. The van der Waals surface area contributed by atoms with Crippen molar-refractivity contribution in [2.45, 2.75) is 32.1 Å². The average molecular weight is 244 g/mol. The molecule has 0 bridgehead atoms. The van der Waals surface area contributed by atoms with Crippen molar-refractivity contribution in [3.05, 3.63) is 29.3 Å². The number of hydrogen-bond donors (Lipinski definition) is 2. The van der Waals surface area contributed by atoms with Crippen molar-refractivity contribution >= 4 is 11.6 Å². The summed E-state index contributed by atoms with van der Waals surface area (Å²) in [7, 11) is 0. The molecule has 2 heterocycles. The molecule has 2 atom stereocenters. The first kappa shape index (κ1) is 11.7. The van der Waals surface area contributed by atoms with E-state index in [4.69, 9.17) is 0 Å². The van der Waals surface area contributed by atoms with Crippen molar-refractivity contribution < 1.29 is 4.79 Å². The number of amides is 1. The minimum atomic E-state index is 0.00410. The third kappa shape index (κ3) is 2.15. The number of piperidine rings is 1. The zero-order chi connectivity index (χ0) is 12.5. The highest BCUT2D eigenvalue weighted by atomic mass is 16.2. The first-order valence-corrected chi connectivity index (χ1v) is 6.88. The molecule has 2 N–H and O–H groups in total. The second-order valence-corrected chi connectivity index (χ2v) is 5.55. The van der Waals surface area contributed by atoms with Crippen LogP contribution in [0.2, 0.25) is 0 Å². The fourth-order valence-electron chi connectivity index (χ4n) is 3.03. The molecule has 0 saturated carbocycles. The highest BCUT2D eigenvalue weighted by Crippen LogP contribution is 2.33. The molecule has 3 nitrogen and oxygen atoms in total. The summed E-state index contributed by atoms with van der Waals surface area (Å²) in [6.45, 7) is 4.27. The smallest absolute Gasteiger partial charge is 0.231 e. The topological polar surface area (TPSA) is 41.1 Å². The lowest BCUT2D eigenvalue weighted by Gasteiger charge is -2.23. The number of nitrogens with one attached hydrogen (secondary N) is 2. The fourth-order valence-corrected chi connectivity index (χ4v) is 3.03. The minimum Gasteiger partial charge on any atom is -0.325 e. The number of fused-ring (bicyclic) bond motifs is 1. The first-order valence-electron chi connectivity index (χ1n) is 6.88. The van der Waals surface area contributed by atoms with Gasteiger partial charge in [0, 0.05) is 5.69 Å². The Morgan fingerprint density at radius 3 is 3.06 bits per heavy atom. The second-order valence-electron chi connectivity index (χ2n) is 5.55. The summed E-state index contributed by atoms with van der Waals surface area (Å²) in [5.74, 6) is 0.878. The molecule has 18 heavy (non-hydrogen) atoms. The van der Waals surface area contributed by atoms with E-state index < -0.39 is 0 Å². The molecule has 96 valence electrons. The van der Waals surface area contributed by atoms with Gasteiger partial charge in [-0.15, -0.1) is 0 Å². The van der Waals surface area contributed by atoms with Gasteiger partial charge in [0.05, 0.1) is 5.92 Å². The molecule has 0 aromatic heterocycles. The van der Waals surface area contributed by atoms with Gasteiger partial charge in [-0.25, -0.2) is 0 Å². The maximum atomic E-state index is 11.6. The fraction of sp³-hybridized carbons (Fsp3) is 0.533. The Labute approximate surface area is 108 Å². The largest absolute Gasteiger partial charge is 0.325 e. The van der Waals surface area contributed by atoms with E-state index in [0.29, 0.717) is 0 Å². The van der Waals surface area contributed by atoms with Crippen LogP contribution >= 0.6 is 0 Å². The highest BCUT2D eigenvalue weighted by molar-refractivity contribution is 6.02. The van der Waals surface area contributed by atoms with Crippen LogP contribution in [-0.4, -0.2) is 19.0 Å². The number of rotatable bonds is 2. The van der Waals surface area contributed by atoms with Gasteiger partial charge in [-0.3, -0.25) is 4.79 Å². The van der Waals surface area contributed by atoms with E-state index in [-0.39, 0.29) is 11.8 Å². The molecular formula is C15H20N2O. The molecule has 0 aliphatic carbocycles. The quantitative estimate of drug-likeness (QED) is 0.838. The molecule has 1 amide bonds. The van der Waals surface area contributed by atoms with Crippen LogP contribution in [0.5, 0.6) is 0 Å². The monoisotopic (exact) mass is 244 g/mol. The summed E-state index contributed by atoms with van der Waals surface area (Å²) in [5, 5.41) is 6.38. The van der Waals surface area contributed by atoms with E-state index >= 15 is 0 Å². The van der Waals surface area contributed by atoms with Crippen molar-refractivity contribution in [3.8, 4) is 0 Å². The van der Waals surface area contributed by atoms with E-state index in [0.717, 1.165) is 31.1 Å². The Hall–Kier alpha value is -1.35. The standard InChI is InChI=1S/C15H20N2O/c1-10-13-8-11(4-5-14(13)17-15(10)18)7-12-3-2-6-16-9-12/h4-5,8,10,12,16H,2-3,6-7,9H2,1H3,(H,17,18). The maximum Gasteiger partial charge on any atom is 0.231 e. The molecule has 0 spiro atoms. The molecule has 1 saturated heterocycles. The molecule has 2 aliphatic heterocycles. The maximum absolute atomic E-state index is 11.6. The van der Waals surface area contributed by atoms with Gasteiger partial charge in [0.2, 0.25) is 5.91 Å². The van der Waals surface area contributed by atoms with Crippen molar-refractivity contribution in [3.63, 3.8) is 0 Å². The number of carbonyl (C=O) groups is 1. The Bertz CT molecular complexity index is 464. The third-order valence-electron chi connectivity index (χ3n) is 4.16. The molecular weight excluding hydrogens is 224 g/mol. The van der Waals surface area contributed by atoms with Crippen molar-refractivity contribution in [2.24, 2.45) is 5.92 Å². The first-order chi connectivity index (χ1) is 8.74. The van der Waals surface area contributed by atoms with Crippen LogP contribution in [0.1, 0.15) is 36.8 Å². The van der Waals surface area contributed by atoms with Gasteiger partial charge in [-0.2, -0.15) is 0 Å². The molecule has 2 unspecified atom stereocenters. The van der Waals surface area contributed by atoms with Crippen LogP contribution in [0.3, 0.4) is 0 Å². The molecule has 3 heteroatoms. The molecule has 0 radical (unpaired) electrons. The normalized spacial score (nSPS) is 26.8. The summed E-state index contributed by atoms with van der Waals surface area (Å²) in [4.78, 5) is 11.6. The van der Waals surface area contributed by atoms with Crippen molar-refractivity contribution in [1.29, 1.82) is 0 Å². The van der Waals surface area contributed by atoms with Crippen molar-refractivity contribution in [2.75, 3.05) is 18.4 Å². The Morgan fingerprint density at radius 1 is 1.39 bits per heavy atom. The van der Waals surface area contributed by atoms with Crippen LogP contribution in [0.15, 0.2) is 18.2 Å². The number of benzene rings is 1. The van der Waals surface area contributed by atoms with Crippen LogP contribution < -0.4 is 10.6 Å². The highest BCUT2D eigenvalue weighted by Gasteiger charge is 2.26. The van der Waals surface area contributed by atoms with Crippen LogP contribution in [0.4, 0.5) is 5.69 Å². The van der Waals surface area contributed by atoms with E-state index in [1.165, 1.54) is 24.0 Å². The summed E-state index contributed by atoms with van der Waals surface area (Å²) in [6, 6.07) is 6.43. The average Bonchev–Trinajstić information content (AvgIpc) is 2.67. The van der Waals surface area contributed by atoms with E-state index in [1.807, 2.05) is 6.92 Å². The summed E-state index contributed by atoms with van der Waals surface area (Å²) < 4.78 is 0. The number of carbonyl (C=O) groups excluding carboxylic acids is 1. The van der Waals surface area contributed by atoms with Gasteiger partial charge in [0.15, 0.2) is 0 Å². The van der Waals surface area contributed by atoms with Crippen LogP contribution in [-0.2, 0) is 11.2 Å². The van der Waals surface area contributed by atoms with Gasteiger partial charge < -0.3 is 10.6 Å². The van der Waals surface area contributed by atoms with Crippen LogP contribution in [0.25, 0.3) is 0 Å². The second kappa shape index (κ2) is 4.73. The third-order valence-corrected chi connectivity index (χ3v) is 4.16. The molecule has 2 aliphatic rings. The van der Waals surface area contributed by atoms with Crippen LogP contribution in [0, 0.1) is 5.92 Å². The summed E-state index contributed by atoms with van der Waals surface area (Å²) >= 11 is 0.